The molecule has 0 aliphatic carbocycles. The molecule has 2 unspecified atom stereocenters. The van der Waals surface area contributed by atoms with Crippen LogP contribution in [0.25, 0.3) is 0 Å². The Balaban J connectivity index is 3.59. The van der Waals surface area contributed by atoms with Gasteiger partial charge in [0, 0.05) is 6.42 Å². The second kappa shape index (κ2) is 42.0. The number of carbonyl (C=O) groups excluding carboxylic acids is 1. The molecule has 3 N–H and O–H groups in total. The molecule has 0 aliphatic heterocycles. The lowest BCUT2D eigenvalue weighted by molar-refractivity contribution is -0.123. The van der Waals surface area contributed by atoms with E-state index in [1.165, 1.54) is 103 Å². The first-order chi connectivity index (χ1) is 25.2. The van der Waals surface area contributed by atoms with Gasteiger partial charge in [0.1, 0.15) is 0 Å². The Morgan fingerprint density at radius 2 is 0.863 bits per heavy atom. The van der Waals surface area contributed by atoms with E-state index < -0.39 is 12.1 Å². The zero-order chi connectivity index (χ0) is 37.1. The van der Waals surface area contributed by atoms with E-state index in [9.17, 15) is 15.0 Å². The molecule has 0 rings (SSSR count). The minimum atomic E-state index is -0.843. The van der Waals surface area contributed by atoms with Crippen molar-refractivity contribution < 1.29 is 15.0 Å². The zero-order valence-corrected chi connectivity index (χ0v) is 33.3. The number of aliphatic hydroxyl groups excluding tert-OH is 2. The fourth-order valence-electron chi connectivity index (χ4n) is 5.89. The molecular formula is C47H81NO3. The number of allylic oxidation sites excluding steroid dienone is 13. The van der Waals surface area contributed by atoms with E-state index in [0.29, 0.717) is 6.42 Å². The first-order valence-electron chi connectivity index (χ1n) is 21.3. The third-order valence-corrected chi connectivity index (χ3v) is 9.13. The number of hydrogen-bond donors (Lipinski definition) is 3. The van der Waals surface area contributed by atoms with Crippen LogP contribution < -0.4 is 5.32 Å². The number of rotatable bonds is 37. The molecule has 1 amide bonds. The molecule has 51 heavy (non-hydrogen) atoms. The normalized spacial score (nSPS) is 13.9. The monoisotopic (exact) mass is 708 g/mol. The Hall–Kier alpha value is -2.43. The maximum Gasteiger partial charge on any atom is 0.220 e. The molecule has 0 spiro atoms. The largest absolute Gasteiger partial charge is 0.394 e. The summed E-state index contributed by atoms with van der Waals surface area (Å²) in [6.07, 6.45) is 61.2. The van der Waals surface area contributed by atoms with Crippen LogP contribution in [-0.4, -0.2) is 34.9 Å². The first kappa shape index (κ1) is 48.6. The van der Waals surface area contributed by atoms with Crippen molar-refractivity contribution in [1.29, 1.82) is 0 Å². The van der Waals surface area contributed by atoms with Crippen LogP contribution in [0.1, 0.15) is 187 Å². The molecule has 0 aromatic carbocycles. The van der Waals surface area contributed by atoms with Gasteiger partial charge in [-0.1, -0.05) is 195 Å². The van der Waals surface area contributed by atoms with E-state index >= 15 is 0 Å². The van der Waals surface area contributed by atoms with Crippen molar-refractivity contribution in [3.8, 4) is 0 Å². The first-order valence-corrected chi connectivity index (χ1v) is 21.3. The Labute approximate surface area is 316 Å². The van der Waals surface area contributed by atoms with Crippen LogP contribution in [0.2, 0.25) is 0 Å². The van der Waals surface area contributed by atoms with Crippen LogP contribution in [0.5, 0.6) is 0 Å². The lowest BCUT2D eigenvalue weighted by atomic mass is 10.0. The number of amides is 1. The van der Waals surface area contributed by atoms with Gasteiger partial charge in [0.05, 0.1) is 18.8 Å². The van der Waals surface area contributed by atoms with E-state index in [2.05, 4.69) is 92.1 Å². The molecule has 4 nitrogen and oxygen atoms in total. The van der Waals surface area contributed by atoms with Gasteiger partial charge in [-0.3, -0.25) is 4.79 Å². The summed E-state index contributed by atoms with van der Waals surface area (Å²) in [5, 5.41) is 22.9. The minimum absolute atomic E-state index is 0.0754. The Bertz CT molecular complexity index is 941. The van der Waals surface area contributed by atoms with E-state index in [1.807, 2.05) is 6.08 Å². The molecule has 0 saturated carbocycles. The average Bonchev–Trinajstić information content (AvgIpc) is 3.13. The third-order valence-electron chi connectivity index (χ3n) is 9.13. The molecule has 2 atom stereocenters. The molecule has 0 aliphatic rings. The highest BCUT2D eigenvalue weighted by Gasteiger charge is 2.17. The molecule has 0 saturated heterocycles. The average molecular weight is 708 g/mol. The molecule has 0 heterocycles. The predicted molar refractivity (Wildman–Crippen MR) is 225 cm³/mol. The summed E-state index contributed by atoms with van der Waals surface area (Å²) in [7, 11) is 0. The molecule has 0 fully saturated rings. The molecule has 0 aromatic rings. The second-order valence-electron chi connectivity index (χ2n) is 14.0. The molecule has 0 radical (unpaired) electrons. The van der Waals surface area contributed by atoms with Crippen molar-refractivity contribution in [3.05, 3.63) is 85.1 Å². The van der Waals surface area contributed by atoms with Crippen molar-refractivity contribution in [3.63, 3.8) is 0 Å². The summed E-state index contributed by atoms with van der Waals surface area (Å²) >= 11 is 0. The van der Waals surface area contributed by atoms with Crippen LogP contribution in [0, 0.1) is 0 Å². The lowest BCUT2D eigenvalue weighted by Crippen LogP contribution is -2.45. The molecule has 4 heteroatoms. The predicted octanol–water partition coefficient (Wildman–Crippen LogP) is 13.3. The van der Waals surface area contributed by atoms with Crippen molar-refractivity contribution in [2.75, 3.05) is 6.61 Å². The Morgan fingerprint density at radius 3 is 1.29 bits per heavy atom. The second-order valence-corrected chi connectivity index (χ2v) is 14.0. The van der Waals surface area contributed by atoms with Crippen LogP contribution in [-0.2, 0) is 4.79 Å². The molecule has 0 bridgehead atoms. The third kappa shape index (κ3) is 38.6. The maximum absolute atomic E-state index is 12.3. The van der Waals surface area contributed by atoms with Gasteiger partial charge in [-0.25, -0.2) is 0 Å². The highest BCUT2D eigenvalue weighted by atomic mass is 16.3. The SMILES string of the molecule is CC/C=C\C/C=C\C/C=C\C/C=C\C/C=C\C/C=C\CCCCCCCCCCCCC(=O)NC(CO)C(O)/C=C/CCCCCCCCCC. The summed E-state index contributed by atoms with van der Waals surface area (Å²) in [5.74, 6) is -0.0754. The van der Waals surface area contributed by atoms with Gasteiger partial charge < -0.3 is 15.5 Å². The Morgan fingerprint density at radius 1 is 0.490 bits per heavy atom. The van der Waals surface area contributed by atoms with Gasteiger partial charge in [-0.05, 0) is 70.6 Å². The van der Waals surface area contributed by atoms with Crippen molar-refractivity contribution in [2.45, 2.75) is 199 Å². The fraction of sp³-hybridized carbons (Fsp3) is 0.681. The van der Waals surface area contributed by atoms with Gasteiger partial charge >= 0.3 is 0 Å². The van der Waals surface area contributed by atoms with Gasteiger partial charge in [0.15, 0.2) is 0 Å². The van der Waals surface area contributed by atoms with Gasteiger partial charge in [0.25, 0.3) is 0 Å². The summed E-state index contributed by atoms with van der Waals surface area (Å²) < 4.78 is 0. The Kier molecular flexibility index (Phi) is 40.0. The van der Waals surface area contributed by atoms with Crippen LogP contribution in [0.4, 0.5) is 0 Å². The maximum atomic E-state index is 12.3. The number of unbranched alkanes of at least 4 members (excludes halogenated alkanes) is 18. The van der Waals surface area contributed by atoms with Gasteiger partial charge in [0.2, 0.25) is 5.91 Å². The van der Waals surface area contributed by atoms with Crippen LogP contribution in [0.3, 0.4) is 0 Å². The molecule has 292 valence electrons. The number of aliphatic hydroxyl groups is 2. The van der Waals surface area contributed by atoms with E-state index in [0.717, 1.165) is 64.2 Å². The smallest absolute Gasteiger partial charge is 0.220 e. The number of nitrogens with one attached hydrogen (secondary N) is 1. The zero-order valence-electron chi connectivity index (χ0n) is 33.3. The summed E-state index contributed by atoms with van der Waals surface area (Å²) in [4.78, 5) is 12.3. The van der Waals surface area contributed by atoms with Crippen LogP contribution in [0.15, 0.2) is 85.1 Å². The lowest BCUT2D eigenvalue weighted by Gasteiger charge is -2.20. The number of carbonyl (C=O) groups is 1. The van der Waals surface area contributed by atoms with Crippen molar-refractivity contribution in [1.82, 2.24) is 5.32 Å². The van der Waals surface area contributed by atoms with E-state index in [4.69, 9.17) is 0 Å². The fourth-order valence-corrected chi connectivity index (χ4v) is 5.89. The summed E-state index contributed by atoms with van der Waals surface area (Å²) in [6.45, 7) is 4.16. The quantitative estimate of drug-likeness (QED) is 0.0445. The van der Waals surface area contributed by atoms with Crippen LogP contribution >= 0.6 is 0 Å². The van der Waals surface area contributed by atoms with E-state index in [-0.39, 0.29) is 12.5 Å². The number of hydrogen-bond acceptors (Lipinski definition) is 3. The minimum Gasteiger partial charge on any atom is -0.394 e. The molecule has 0 aromatic heterocycles. The van der Waals surface area contributed by atoms with Crippen molar-refractivity contribution in [2.24, 2.45) is 0 Å². The summed E-state index contributed by atoms with van der Waals surface area (Å²) in [5.41, 5.74) is 0. The highest BCUT2D eigenvalue weighted by Crippen LogP contribution is 2.13. The van der Waals surface area contributed by atoms with Gasteiger partial charge in [-0.15, -0.1) is 0 Å². The van der Waals surface area contributed by atoms with E-state index in [1.54, 1.807) is 6.08 Å². The standard InChI is InChI=1S/C47H81NO3/c1-3-5-7-9-11-13-15-16-17-18-19-20-21-22-23-24-25-26-27-28-29-30-31-32-33-35-37-39-41-43-47(51)48-45(44-49)46(50)42-40-38-36-34-14-12-10-8-6-4-2/h5,7,11,13,16-17,19-20,22-23,25-26,40,42,45-46,49-50H,3-4,6,8-10,12,14-15,18,21,24,27-39,41,43-44H2,1-2H3,(H,48,51)/b7-5-,13-11-,17-16-,20-19-,23-22-,26-25-,42-40+. The molecular weight excluding hydrogens is 627 g/mol. The summed E-state index contributed by atoms with van der Waals surface area (Å²) in [6, 6.07) is -0.627. The van der Waals surface area contributed by atoms with Gasteiger partial charge in [-0.2, -0.15) is 0 Å². The van der Waals surface area contributed by atoms with Crippen molar-refractivity contribution >= 4 is 5.91 Å². The highest BCUT2D eigenvalue weighted by molar-refractivity contribution is 5.76. The topological polar surface area (TPSA) is 69.6 Å².